The number of aromatic nitrogens is 1. The standard InChI is InChI=1S/C27H32N2O4/c1-17-13-25(32-2)23(22-9-11-28-26(17)22)15-29-12-10-21(33-16-18-3-4-18)14-24(29)19-5-7-20(8-6-19)27(30)31/h5-9,11,13,18,21,24,28H,3-4,10,12,14-16H2,1-2H3,(H,30,31)/t21-,24+/m1/s1. The fourth-order valence-corrected chi connectivity index (χ4v) is 5.06. The number of likely N-dealkylation sites (tertiary alicyclic amines) is 1. The number of piperidine rings is 1. The maximum absolute atomic E-state index is 11.4. The van der Waals surface area contributed by atoms with Gasteiger partial charge in [-0.1, -0.05) is 12.1 Å². The van der Waals surface area contributed by atoms with Gasteiger partial charge in [-0.25, -0.2) is 4.79 Å². The molecule has 1 aromatic heterocycles. The number of nitrogens with zero attached hydrogens (tertiary/aromatic N) is 1. The number of H-pyrrole nitrogens is 1. The molecule has 2 aromatic carbocycles. The van der Waals surface area contributed by atoms with E-state index in [2.05, 4.69) is 28.9 Å². The van der Waals surface area contributed by atoms with Crippen LogP contribution in [0.4, 0.5) is 0 Å². The highest BCUT2D eigenvalue weighted by molar-refractivity contribution is 5.88. The van der Waals surface area contributed by atoms with Crippen LogP contribution in [0.2, 0.25) is 0 Å². The molecule has 2 aliphatic rings. The summed E-state index contributed by atoms with van der Waals surface area (Å²) < 4.78 is 12.1. The third-order valence-corrected chi connectivity index (χ3v) is 7.16. The number of aromatic amines is 1. The Kier molecular flexibility index (Phi) is 6.13. The number of ether oxygens (including phenoxy) is 2. The lowest BCUT2D eigenvalue weighted by atomic mass is 9.91. The van der Waals surface area contributed by atoms with Crippen molar-refractivity contribution < 1.29 is 19.4 Å². The van der Waals surface area contributed by atoms with E-state index < -0.39 is 5.97 Å². The van der Waals surface area contributed by atoms with Gasteiger partial charge in [-0.05, 0) is 73.9 Å². The van der Waals surface area contributed by atoms with Crippen molar-refractivity contribution in [3.8, 4) is 5.75 Å². The van der Waals surface area contributed by atoms with E-state index in [1.807, 2.05) is 18.3 Å². The average Bonchev–Trinajstić information content (AvgIpc) is 3.53. The molecule has 33 heavy (non-hydrogen) atoms. The van der Waals surface area contributed by atoms with Crippen LogP contribution in [0.15, 0.2) is 42.6 Å². The average molecular weight is 449 g/mol. The Morgan fingerprint density at radius 3 is 2.67 bits per heavy atom. The van der Waals surface area contributed by atoms with Crippen molar-refractivity contribution in [1.82, 2.24) is 9.88 Å². The van der Waals surface area contributed by atoms with Crippen molar-refractivity contribution in [2.45, 2.75) is 51.3 Å². The van der Waals surface area contributed by atoms with E-state index in [0.717, 1.165) is 55.3 Å². The molecule has 1 aliphatic heterocycles. The molecule has 1 saturated carbocycles. The smallest absolute Gasteiger partial charge is 0.335 e. The fourth-order valence-electron chi connectivity index (χ4n) is 5.06. The van der Waals surface area contributed by atoms with Crippen molar-refractivity contribution in [1.29, 1.82) is 0 Å². The van der Waals surface area contributed by atoms with Crippen LogP contribution >= 0.6 is 0 Å². The van der Waals surface area contributed by atoms with Crippen LogP contribution < -0.4 is 4.74 Å². The van der Waals surface area contributed by atoms with Crippen molar-refractivity contribution in [3.63, 3.8) is 0 Å². The highest BCUT2D eigenvalue weighted by Crippen LogP contribution is 2.38. The number of methoxy groups -OCH3 is 1. The number of carboxylic acids is 1. The SMILES string of the molecule is COc1cc(C)c2[nH]ccc2c1CN1CC[C@@H](OCC2CC2)C[C@H]1c1ccc(C(=O)O)cc1. The molecule has 2 heterocycles. The molecule has 2 atom stereocenters. The summed E-state index contributed by atoms with van der Waals surface area (Å²) in [5.41, 5.74) is 4.95. The summed E-state index contributed by atoms with van der Waals surface area (Å²) in [7, 11) is 1.73. The van der Waals surface area contributed by atoms with Gasteiger partial charge in [0.05, 0.1) is 18.8 Å². The predicted molar refractivity (Wildman–Crippen MR) is 128 cm³/mol. The number of hydrogen-bond acceptors (Lipinski definition) is 4. The predicted octanol–water partition coefficient (Wildman–Crippen LogP) is 5.32. The molecular weight excluding hydrogens is 416 g/mol. The molecule has 6 heteroatoms. The van der Waals surface area contributed by atoms with Crippen LogP contribution in [-0.2, 0) is 11.3 Å². The lowest BCUT2D eigenvalue weighted by Gasteiger charge is -2.40. The van der Waals surface area contributed by atoms with Crippen molar-refractivity contribution in [3.05, 3.63) is 64.8 Å². The van der Waals surface area contributed by atoms with Gasteiger partial charge in [0.25, 0.3) is 0 Å². The zero-order valence-electron chi connectivity index (χ0n) is 19.3. The van der Waals surface area contributed by atoms with Crippen LogP contribution in [0.25, 0.3) is 10.9 Å². The van der Waals surface area contributed by atoms with Crippen LogP contribution in [-0.4, -0.2) is 47.3 Å². The first-order chi connectivity index (χ1) is 16.0. The van der Waals surface area contributed by atoms with Crippen LogP contribution in [0, 0.1) is 12.8 Å². The van der Waals surface area contributed by atoms with Crippen molar-refractivity contribution in [2.24, 2.45) is 5.92 Å². The zero-order valence-corrected chi connectivity index (χ0v) is 19.3. The van der Waals surface area contributed by atoms with E-state index in [0.29, 0.717) is 5.56 Å². The molecule has 2 fully saturated rings. The van der Waals surface area contributed by atoms with Crippen LogP contribution in [0.3, 0.4) is 0 Å². The summed E-state index contributed by atoms with van der Waals surface area (Å²) in [5.74, 6) is 0.758. The maximum Gasteiger partial charge on any atom is 0.335 e. The molecule has 0 bridgehead atoms. The Bertz CT molecular complexity index is 1130. The third kappa shape index (κ3) is 4.63. The summed E-state index contributed by atoms with van der Waals surface area (Å²) in [4.78, 5) is 17.2. The van der Waals surface area contributed by atoms with E-state index in [4.69, 9.17) is 9.47 Å². The second-order valence-electron chi connectivity index (χ2n) is 9.48. The highest BCUT2D eigenvalue weighted by Gasteiger charge is 2.32. The minimum atomic E-state index is -0.896. The number of aromatic carboxylic acids is 1. The number of nitrogens with one attached hydrogen (secondary N) is 1. The Labute approximate surface area is 194 Å². The van der Waals surface area contributed by atoms with Gasteiger partial charge in [0, 0.05) is 48.4 Å². The summed E-state index contributed by atoms with van der Waals surface area (Å²) in [5, 5.41) is 10.5. The minimum absolute atomic E-state index is 0.158. The number of aryl methyl sites for hydroxylation is 1. The highest BCUT2D eigenvalue weighted by atomic mass is 16.5. The molecule has 2 N–H and O–H groups in total. The summed E-state index contributed by atoms with van der Waals surface area (Å²) >= 11 is 0. The number of rotatable bonds is 8. The lowest BCUT2D eigenvalue weighted by Crippen LogP contribution is -2.39. The topological polar surface area (TPSA) is 74.8 Å². The monoisotopic (exact) mass is 448 g/mol. The van der Waals surface area contributed by atoms with Crippen LogP contribution in [0.5, 0.6) is 5.75 Å². The van der Waals surface area contributed by atoms with Gasteiger partial charge in [0.15, 0.2) is 0 Å². The van der Waals surface area contributed by atoms with E-state index >= 15 is 0 Å². The van der Waals surface area contributed by atoms with E-state index in [1.54, 1.807) is 19.2 Å². The van der Waals surface area contributed by atoms with Gasteiger partial charge in [-0.2, -0.15) is 0 Å². The molecule has 1 aliphatic carbocycles. The van der Waals surface area contributed by atoms with Gasteiger partial charge >= 0.3 is 5.97 Å². The Morgan fingerprint density at radius 2 is 1.97 bits per heavy atom. The van der Waals surface area contributed by atoms with Gasteiger partial charge in [0.2, 0.25) is 0 Å². The normalized spacial score (nSPS) is 21.4. The van der Waals surface area contributed by atoms with Gasteiger partial charge in [0.1, 0.15) is 5.75 Å². The number of carbonyl (C=O) groups is 1. The number of fused-ring (bicyclic) bond motifs is 1. The number of carboxylic acid groups (broad SMARTS) is 1. The second-order valence-corrected chi connectivity index (χ2v) is 9.48. The molecule has 0 unspecified atom stereocenters. The summed E-state index contributed by atoms with van der Waals surface area (Å²) in [6.07, 6.45) is 6.71. The van der Waals surface area contributed by atoms with Gasteiger partial charge in [-0.3, -0.25) is 4.90 Å². The Hall–Kier alpha value is -2.83. The maximum atomic E-state index is 11.4. The second kappa shape index (κ2) is 9.20. The van der Waals surface area contributed by atoms with Crippen molar-refractivity contribution >= 4 is 16.9 Å². The molecule has 0 amide bonds. The number of benzene rings is 2. The lowest BCUT2D eigenvalue weighted by molar-refractivity contribution is -0.0229. The first kappa shape index (κ1) is 22.0. The molecular formula is C27H32N2O4. The molecule has 0 radical (unpaired) electrons. The van der Waals surface area contributed by atoms with Gasteiger partial charge < -0.3 is 19.6 Å². The van der Waals surface area contributed by atoms with Crippen LogP contribution in [0.1, 0.15) is 58.8 Å². The molecule has 1 saturated heterocycles. The Balaban J connectivity index is 1.44. The Morgan fingerprint density at radius 1 is 1.18 bits per heavy atom. The van der Waals surface area contributed by atoms with Crippen molar-refractivity contribution in [2.75, 3.05) is 20.3 Å². The largest absolute Gasteiger partial charge is 0.496 e. The quantitative estimate of drug-likeness (QED) is 0.488. The molecule has 0 spiro atoms. The summed E-state index contributed by atoms with van der Waals surface area (Å²) in [6.45, 7) is 4.65. The molecule has 174 valence electrons. The van der Waals surface area contributed by atoms with E-state index in [1.165, 1.54) is 29.4 Å². The number of hydrogen-bond donors (Lipinski definition) is 2. The minimum Gasteiger partial charge on any atom is -0.496 e. The molecule has 3 aromatic rings. The first-order valence-electron chi connectivity index (χ1n) is 11.9. The van der Waals surface area contributed by atoms with Gasteiger partial charge in [-0.15, -0.1) is 0 Å². The molecule has 6 nitrogen and oxygen atoms in total. The third-order valence-electron chi connectivity index (χ3n) is 7.16. The van der Waals surface area contributed by atoms with E-state index in [9.17, 15) is 9.90 Å². The fraction of sp³-hybridized carbons (Fsp3) is 0.444. The first-order valence-corrected chi connectivity index (χ1v) is 11.9. The summed E-state index contributed by atoms with van der Waals surface area (Å²) in [6, 6.07) is 11.7. The van der Waals surface area contributed by atoms with E-state index in [-0.39, 0.29) is 12.1 Å². The zero-order chi connectivity index (χ0) is 22.9. The molecule has 5 rings (SSSR count).